The molecule has 2 atom stereocenters. The second-order valence-electron chi connectivity index (χ2n) is 6.74. The Bertz CT molecular complexity index is 827. The summed E-state index contributed by atoms with van der Waals surface area (Å²) in [7, 11) is 1.12. The molecule has 0 radical (unpaired) electrons. The molecular weight excluding hydrogens is 379 g/mol. The first-order valence-electron chi connectivity index (χ1n) is 7.98. The van der Waals surface area contributed by atoms with E-state index in [2.05, 4.69) is 5.32 Å². The van der Waals surface area contributed by atoms with Crippen LogP contribution >= 0.6 is 12.2 Å². The molecule has 2 heterocycles. The van der Waals surface area contributed by atoms with Gasteiger partial charge in [0, 0.05) is 5.56 Å². The number of nitrogens with zero attached hydrogens (tertiary/aromatic N) is 1. The first kappa shape index (κ1) is 19.0. The van der Waals surface area contributed by atoms with Crippen LogP contribution in [0, 0.1) is 5.82 Å². The largest absolute Gasteiger partial charge is 0.466 e. The van der Waals surface area contributed by atoms with Gasteiger partial charge in [-0.25, -0.2) is 18.9 Å². The maximum absolute atomic E-state index is 13.4. The zero-order chi connectivity index (χ0) is 20.0. The summed E-state index contributed by atoms with van der Waals surface area (Å²) in [5, 5.41) is 2.40. The third-order valence-corrected chi connectivity index (χ3v) is 4.69. The third-order valence-electron chi connectivity index (χ3n) is 4.49. The molecule has 10 heteroatoms. The van der Waals surface area contributed by atoms with E-state index >= 15 is 0 Å². The smallest absolute Gasteiger partial charge is 0.417 e. The zero-order valence-corrected chi connectivity index (χ0v) is 15.6. The van der Waals surface area contributed by atoms with Gasteiger partial charge in [-0.2, -0.15) is 0 Å². The number of benzene rings is 1. The van der Waals surface area contributed by atoms with Crippen LogP contribution in [-0.2, 0) is 29.4 Å². The van der Waals surface area contributed by atoms with Crippen molar-refractivity contribution in [2.75, 3.05) is 13.7 Å². The number of thiocarbonyl (C=S) groups is 1. The summed E-state index contributed by atoms with van der Waals surface area (Å²) < 4.78 is 28.7. The molecule has 2 saturated heterocycles. The van der Waals surface area contributed by atoms with Crippen molar-refractivity contribution in [1.82, 2.24) is 10.2 Å². The van der Waals surface area contributed by atoms with E-state index in [1.165, 1.54) is 12.1 Å². The van der Waals surface area contributed by atoms with Crippen LogP contribution in [0.1, 0.15) is 19.4 Å². The second kappa shape index (κ2) is 6.45. The summed E-state index contributed by atoms with van der Waals surface area (Å²) in [4.78, 5) is 39.0. The number of rotatable bonds is 3. The van der Waals surface area contributed by atoms with Crippen LogP contribution in [-0.4, -0.2) is 53.3 Å². The molecule has 144 valence electrons. The highest BCUT2D eigenvalue weighted by Crippen LogP contribution is 2.38. The van der Waals surface area contributed by atoms with Gasteiger partial charge in [0.2, 0.25) is 0 Å². The van der Waals surface area contributed by atoms with Crippen molar-refractivity contribution in [3.05, 3.63) is 35.6 Å². The molecule has 8 nitrogen and oxygen atoms in total. The van der Waals surface area contributed by atoms with Gasteiger partial charge in [-0.15, -0.1) is 0 Å². The van der Waals surface area contributed by atoms with Crippen molar-refractivity contribution in [1.29, 1.82) is 0 Å². The van der Waals surface area contributed by atoms with Gasteiger partial charge in [0.15, 0.2) is 6.04 Å². The minimum atomic E-state index is -2.02. The molecule has 0 bridgehead atoms. The number of carbonyl (C=O) groups excluding carboxylic acids is 3. The summed E-state index contributed by atoms with van der Waals surface area (Å²) in [6.07, 6.45) is -0.845. The summed E-state index contributed by atoms with van der Waals surface area (Å²) in [6.45, 7) is 3.28. The van der Waals surface area contributed by atoms with E-state index in [4.69, 9.17) is 26.4 Å². The number of hydrogen-bond acceptors (Lipinski definition) is 7. The van der Waals surface area contributed by atoms with Gasteiger partial charge < -0.3 is 19.5 Å². The number of halogens is 1. The molecule has 1 N–H and O–H groups in total. The highest BCUT2D eigenvalue weighted by molar-refractivity contribution is 7.80. The number of cyclic esters (lactones) is 1. The molecule has 0 unspecified atom stereocenters. The Hall–Kier alpha value is -2.75. The molecule has 27 heavy (non-hydrogen) atoms. The normalized spacial score (nSPS) is 26.2. The van der Waals surface area contributed by atoms with Crippen LogP contribution < -0.4 is 5.32 Å². The van der Waals surface area contributed by atoms with Crippen molar-refractivity contribution in [3.63, 3.8) is 0 Å². The van der Waals surface area contributed by atoms with E-state index in [0.717, 1.165) is 24.1 Å². The van der Waals surface area contributed by atoms with Gasteiger partial charge in [-0.3, -0.25) is 4.79 Å². The van der Waals surface area contributed by atoms with E-state index in [1.807, 2.05) is 0 Å². The van der Waals surface area contributed by atoms with Gasteiger partial charge >= 0.3 is 12.1 Å². The maximum atomic E-state index is 13.4. The number of ether oxygens (including phenoxy) is 3. The van der Waals surface area contributed by atoms with Crippen LogP contribution in [0.15, 0.2) is 24.3 Å². The van der Waals surface area contributed by atoms with Gasteiger partial charge in [-0.05, 0) is 38.2 Å². The number of amides is 2. The van der Waals surface area contributed by atoms with Gasteiger partial charge in [0.25, 0.3) is 16.7 Å². The van der Waals surface area contributed by atoms with Crippen molar-refractivity contribution in [2.45, 2.75) is 31.0 Å². The number of carbonyl (C=O) groups is 3. The Kier molecular flexibility index (Phi) is 4.54. The van der Waals surface area contributed by atoms with Crippen LogP contribution in [0.5, 0.6) is 0 Å². The van der Waals surface area contributed by atoms with E-state index in [0.29, 0.717) is 0 Å². The zero-order valence-electron chi connectivity index (χ0n) is 14.8. The van der Waals surface area contributed by atoms with Gasteiger partial charge in [0.05, 0.1) is 12.6 Å². The summed E-state index contributed by atoms with van der Waals surface area (Å²) in [6, 6.07) is 3.39. The third kappa shape index (κ3) is 2.89. The van der Waals surface area contributed by atoms with E-state index in [1.54, 1.807) is 13.8 Å². The number of nitrogens with one attached hydrogen (secondary N) is 1. The SMILES string of the molecule is COC(=O)[C@]1(c2ccc(F)cc2)OC(=S)N[C@@H]1C(=O)N1C(=O)OCC1(C)C. The molecule has 0 saturated carbocycles. The predicted octanol–water partition coefficient (Wildman–Crippen LogP) is 1.22. The highest BCUT2D eigenvalue weighted by Gasteiger charge is 2.62. The highest BCUT2D eigenvalue weighted by atomic mass is 32.1. The number of esters is 1. The summed E-state index contributed by atoms with van der Waals surface area (Å²) in [5.41, 5.74) is -2.81. The Labute approximate surface area is 159 Å². The van der Waals surface area contributed by atoms with Crippen molar-refractivity contribution in [3.8, 4) is 0 Å². The Morgan fingerprint density at radius 1 is 1.33 bits per heavy atom. The van der Waals surface area contributed by atoms with E-state index in [-0.39, 0.29) is 17.3 Å². The summed E-state index contributed by atoms with van der Waals surface area (Å²) in [5.74, 6) is -2.25. The van der Waals surface area contributed by atoms with Crippen LogP contribution in [0.2, 0.25) is 0 Å². The molecule has 2 aliphatic heterocycles. The average Bonchev–Trinajstić information content (AvgIpc) is 3.11. The minimum absolute atomic E-state index is 0.00261. The van der Waals surface area contributed by atoms with Crippen molar-refractivity contribution < 1.29 is 33.0 Å². The lowest BCUT2D eigenvalue weighted by atomic mass is 9.85. The Morgan fingerprint density at radius 3 is 2.48 bits per heavy atom. The molecule has 1 aromatic carbocycles. The average molecular weight is 396 g/mol. The molecule has 0 aliphatic carbocycles. The number of imide groups is 1. The molecule has 0 spiro atoms. The monoisotopic (exact) mass is 396 g/mol. The summed E-state index contributed by atoms with van der Waals surface area (Å²) >= 11 is 5.02. The first-order chi connectivity index (χ1) is 12.6. The van der Waals surface area contributed by atoms with Crippen LogP contribution in [0.4, 0.5) is 9.18 Å². The maximum Gasteiger partial charge on any atom is 0.417 e. The quantitative estimate of drug-likeness (QED) is 0.602. The molecule has 1 aromatic rings. The van der Waals surface area contributed by atoms with E-state index < -0.39 is 41.0 Å². The number of methoxy groups -OCH3 is 1. The van der Waals surface area contributed by atoms with Gasteiger partial charge in [-0.1, -0.05) is 12.1 Å². The van der Waals surface area contributed by atoms with Crippen LogP contribution in [0.25, 0.3) is 0 Å². The molecule has 2 aliphatic rings. The fourth-order valence-corrected chi connectivity index (χ4v) is 3.42. The Morgan fingerprint density at radius 2 is 1.96 bits per heavy atom. The lowest BCUT2D eigenvalue weighted by Crippen LogP contribution is -2.60. The molecule has 2 fully saturated rings. The molecular formula is C17H17FN2O6S. The molecule has 2 amide bonds. The van der Waals surface area contributed by atoms with Crippen LogP contribution in [0.3, 0.4) is 0 Å². The lowest BCUT2D eigenvalue weighted by molar-refractivity contribution is -0.165. The fourth-order valence-electron chi connectivity index (χ4n) is 3.17. The topological polar surface area (TPSA) is 94.2 Å². The van der Waals surface area contributed by atoms with Gasteiger partial charge in [0.1, 0.15) is 12.4 Å². The van der Waals surface area contributed by atoms with Crippen molar-refractivity contribution >= 4 is 35.4 Å². The lowest BCUT2D eigenvalue weighted by Gasteiger charge is -2.34. The fraction of sp³-hybridized carbons (Fsp3) is 0.412. The molecule has 0 aromatic heterocycles. The predicted molar refractivity (Wildman–Crippen MR) is 93.0 cm³/mol. The minimum Gasteiger partial charge on any atom is -0.466 e. The van der Waals surface area contributed by atoms with E-state index in [9.17, 15) is 18.8 Å². The van der Waals surface area contributed by atoms with Crippen molar-refractivity contribution in [2.24, 2.45) is 0 Å². The second-order valence-corrected chi connectivity index (χ2v) is 7.11. The Balaban J connectivity index is 2.12. The number of hydrogen-bond donors (Lipinski definition) is 1. The molecule has 3 rings (SSSR count). The first-order valence-corrected chi connectivity index (χ1v) is 8.39. The standard InChI is InChI=1S/C17H17FN2O6S/c1-16(2)8-25-15(23)20(16)12(21)11-17(13(22)24-3,26-14(27)19-11)9-4-6-10(18)7-5-9/h4-7,11H,8H2,1-3H3,(H,19,27)/t11-,17-/m1/s1.